The highest BCUT2D eigenvalue weighted by Crippen LogP contribution is 2.31. The van der Waals surface area contributed by atoms with Crippen LogP contribution in [0.1, 0.15) is 0 Å². The second-order valence-electron chi connectivity index (χ2n) is 3.59. The monoisotopic (exact) mass is 294 g/mol. The summed E-state index contributed by atoms with van der Waals surface area (Å²) >= 11 is 0. The van der Waals surface area contributed by atoms with E-state index in [-0.39, 0.29) is 11.4 Å². The first-order chi connectivity index (χ1) is 9.82. The number of nitrogen functional groups attached to an aromatic ring is 2. The van der Waals surface area contributed by atoms with Gasteiger partial charge in [-0.25, -0.2) is 0 Å². The first-order valence-corrected chi connectivity index (χ1v) is 5.29. The quantitative estimate of drug-likeness (QED) is 0.262. The molecule has 11 heteroatoms. The standard InChI is InChI=1S/C6H6N4O4.C4H4N2O/c7-3-1-4(8)6(10(13)14)2-5(3)9(11)12;7-6-3-1-5-2-4-6/h1-2H,7-8H2;1-4H. The number of nitrogens with two attached hydrogens (primary N) is 2. The van der Waals surface area contributed by atoms with Crippen molar-refractivity contribution in [3.8, 4) is 0 Å². The van der Waals surface area contributed by atoms with Gasteiger partial charge in [-0.15, -0.1) is 0 Å². The number of nitro benzene ring substituents is 2. The number of anilines is 2. The van der Waals surface area contributed by atoms with Crippen LogP contribution in [0.3, 0.4) is 0 Å². The van der Waals surface area contributed by atoms with Gasteiger partial charge in [-0.3, -0.25) is 25.2 Å². The zero-order chi connectivity index (χ0) is 16.0. The molecule has 0 saturated carbocycles. The SMILES string of the molecule is Nc1cc(N)c([N+](=O)[O-])cc1[N+](=O)[O-].[O-][n+]1ccncc1. The molecule has 1 aromatic carbocycles. The molecule has 0 amide bonds. The van der Waals surface area contributed by atoms with Crippen molar-refractivity contribution in [1.82, 2.24) is 4.98 Å². The van der Waals surface area contributed by atoms with Gasteiger partial charge in [0.2, 0.25) is 0 Å². The number of nitro groups is 2. The lowest BCUT2D eigenvalue weighted by Crippen LogP contribution is -2.23. The van der Waals surface area contributed by atoms with Crippen LogP contribution in [0.15, 0.2) is 36.9 Å². The third-order valence-corrected chi connectivity index (χ3v) is 2.17. The van der Waals surface area contributed by atoms with Gasteiger partial charge in [0.1, 0.15) is 11.4 Å². The summed E-state index contributed by atoms with van der Waals surface area (Å²) in [6.45, 7) is 0. The van der Waals surface area contributed by atoms with Crippen LogP contribution in [-0.4, -0.2) is 14.8 Å². The molecular weight excluding hydrogens is 284 g/mol. The van der Waals surface area contributed by atoms with Gasteiger partial charge in [0, 0.05) is 0 Å². The normalized spacial score (nSPS) is 9.33. The summed E-state index contributed by atoms with van der Waals surface area (Å²) in [6.07, 6.45) is 5.54. The van der Waals surface area contributed by atoms with Crippen molar-refractivity contribution in [3.63, 3.8) is 0 Å². The molecular formula is C10H10N6O5. The minimum Gasteiger partial charge on any atom is -0.619 e. The van der Waals surface area contributed by atoms with Crippen LogP contribution < -0.4 is 16.2 Å². The fourth-order valence-corrected chi connectivity index (χ4v) is 1.24. The van der Waals surface area contributed by atoms with E-state index in [1.54, 1.807) is 0 Å². The van der Waals surface area contributed by atoms with Gasteiger partial charge in [0.05, 0.1) is 28.3 Å². The van der Waals surface area contributed by atoms with E-state index < -0.39 is 21.2 Å². The molecule has 2 rings (SSSR count). The molecule has 11 nitrogen and oxygen atoms in total. The second-order valence-corrected chi connectivity index (χ2v) is 3.59. The molecule has 1 heterocycles. The maximum Gasteiger partial charge on any atom is 0.299 e. The molecule has 0 saturated heterocycles. The summed E-state index contributed by atoms with van der Waals surface area (Å²) in [7, 11) is 0. The third-order valence-electron chi connectivity index (χ3n) is 2.17. The summed E-state index contributed by atoms with van der Waals surface area (Å²) in [5.41, 5.74) is 9.06. The van der Waals surface area contributed by atoms with Crippen molar-refractivity contribution in [1.29, 1.82) is 0 Å². The Balaban J connectivity index is 0.000000262. The number of benzene rings is 1. The van der Waals surface area contributed by atoms with Gasteiger partial charge < -0.3 is 16.7 Å². The Hall–Kier alpha value is -3.50. The Morgan fingerprint density at radius 2 is 1.38 bits per heavy atom. The average molecular weight is 294 g/mol. The molecule has 4 N–H and O–H groups in total. The van der Waals surface area contributed by atoms with Gasteiger partial charge >= 0.3 is 0 Å². The predicted octanol–water partition coefficient (Wildman–Crippen LogP) is 0.382. The highest BCUT2D eigenvalue weighted by atomic mass is 16.6. The number of nitrogens with zero attached hydrogens (tertiary/aromatic N) is 4. The maximum atomic E-state index is 10.4. The van der Waals surface area contributed by atoms with Crippen LogP contribution in [0.25, 0.3) is 0 Å². The van der Waals surface area contributed by atoms with Crippen molar-refractivity contribution in [2.24, 2.45) is 0 Å². The van der Waals surface area contributed by atoms with E-state index >= 15 is 0 Å². The van der Waals surface area contributed by atoms with Crippen LogP contribution in [0.2, 0.25) is 0 Å². The summed E-state index contributed by atoms with van der Waals surface area (Å²) < 4.78 is 0.688. The molecule has 0 spiro atoms. The van der Waals surface area contributed by atoms with Gasteiger partial charge in [0.15, 0.2) is 12.4 Å². The van der Waals surface area contributed by atoms with Crippen LogP contribution >= 0.6 is 0 Å². The number of hydrogen-bond donors (Lipinski definition) is 2. The second kappa shape index (κ2) is 6.60. The fraction of sp³-hybridized carbons (Fsp3) is 0. The van der Waals surface area contributed by atoms with E-state index in [4.69, 9.17) is 11.5 Å². The van der Waals surface area contributed by atoms with E-state index in [2.05, 4.69) is 4.98 Å². The Bertz CT molecular complexity index is 627. The Morgan fingerprint density at radius 3 is 1.67 bits per heavy atom. The van der Waals surface area contributed by atoms with E-state index in [0.717, 1.165) is 12.1 Å². The summed E-state index contributed by atoms with van der Waals surface area (Å²) in [5.74, 6) is 0. The van der Waals surface area contributed by atoms with Crippen molar-refractivity contribution >= 4 is 22.7 Å². The first kappa shape index (κ1) is 15.6. The van der Waals surface area contributed by atoms with Crippen LogP contribution in [0.4, 0.5) is 22.7 Å². The molecule has 0 atom stereocenters. The van der Waals surface area contributed by atoms with Gasteiger partial charge in [0.25, 0.3) is 11.4 Å². The molecule has 0 aliphatic carbocycles. The molecule has 0 radical (unpaired) electrons. The molecule has 0 aliphatic heterocycles. The highest BCUT2D eigenvalue weighted by molar-refractivity contribution is 5.73. The Morgan fingerprint density at radius 1 is 0.952 bits per heavy atom. The van der Waals surface area contributed by atoms with Crippen LogP contribution in [-0.2, 0) is 0 Å². The van der Waals surface area contributed by atoms with Gasteiger partial charge in [-0.2, -0.15) is 4.73 Å². The van der Waals surface area contributed by atoms with Crippen molar-refractivity contribution in [2.45, 2.75) is 0 Å². The predicted molar refractivity (Wildman–Crippen MR) is 71.8 cm³/mol. The molecule has 0 bridgehead atoms. The Kier molecular flexibility index (Phi) is 4.89. The molecule has 110 valence electrons. The van der Waals surface area contributed by atoms with Crippen molar-refractivity contribution in [3.05, 3.63) is 62.4 Å². The van der Waals surface area contributed by atoms with Crippen molar-refractivity contribution < 1.29 is 14.6 Å². The summed E-state index contributed by atoms with van der Waals surface area (Å²) in [6, 6.07) is 1.74. The summed E-state index contributed by atoms with van der Waals surface area (Å²) in [4.78, 5) is 22.8. The lowest BCUT2D eigenvalue weighted by molar-refractivity contribution is -0.606. The van der Waals surface area contributed by atoms with Gasteiger partial charge in [-0.05, 0) is 6.07 Å². The third kappa shape index (κ3) is 4.27. The molecule has 2 aromatic rings. The molecule has 0 fully saturated rings. The maximum absolute atomic E-state index is 10.4. The zero-order valence-corrected chi connectivity index (χ0v) is 10.4. The molecule has 0 unspecified atom stereocenters. The van der Waals surface area contributed by atoms with Crippen molar-refractivity contribution in [2.75, 3.05) is 11.5 Å². The lowest BCUT2D eigenvalue weighted by atomic mass is 10.2. The smallest absolute Gasteiger partial charge is 0.299 e. The average Bonchev–Trinajstić information content (AvgIpc) is 2.39. The van der Waals surface area contributed by atoms with E-state index in [9.17, 15) is 25.4 Å². The topological polar surface area (TPSA) is 178 Å². The van der Waals surface area contributed by atoms with Gasteiger partial charge in [-0.1, -0.05) is 0 Å². The highest BCUT2D eigenvalue weighted by Gasteiger charge is 2.21. The van der Waals surface area contributed by atoms with Crippen LogP contribution in [0.5, 0.6) is 0 Å². The number of hydrogen-bond acceptors (Lipinski definition) is 8. The molecule has 21 heavy (non-hydrogen) atoms. The van der Waals surface area contributed by atoms with E-state index in [0.29, 0.717) is 4.73 Å². The first-order valence-electron chi connectivity index (χ1n) is 5.29. The minimum atomic E-state index is -0.804. The number of aromatic nitrogens is 2. The van der Waals surface area contributed by atoms with Crippen LogP contribution in [0, 0.1) is 25.4 Å². The van der Waals surface area contributed by atoms with E-state index in [1.165, 1.54) is 24.8 Å². The molecule has 0 aliphatic rings. The van der Waals surface area contributed by atoms with E-state index in [1.807, 2.05) is 0 Å². The lowest BCUT2D eigenvalue weighted by Gasteiger charge is -1.99. The largest absolute Gasteiger partial charge is 0.619 e. The zero-order valence-electron chi connectivity index (χ0n) is 10.4. The fourth-order valence-electron chi connectivity index (χ4n) is 1.24. The molecule has 1 aromatic heterocycles. The Labute approximate surface area is 117 Å². The summed E-state index contributed by atoms with van der Waals surface area (Å²) in [5, 5.41) is 30.9. The number of rotatable bonds is 2. The minimum absolute atomic E-state index is 0.196.